The van der Waals surface area contributed by atoms with Gasteiger partial charge in [-0.1, -0.05) is 24.8 Å². The molecule has 2 atom stereocenters. The molecular formula is C26H22N2O5S. The number of hydrogen-bond acceptors (Lipinski definition) is 7. The zero-order valence-electron chi connectivity index (χ0n) is 18.4. The molecule has 3 heterocycles. The molecule has 172 valence electrons. The molecule has 2 aliphatic rings. The van der Waals surface area contributed by atoms with Crippen LogP contribution in [0.15, 0.2) is 72.3 Å². The summed E-state index contributed by atoms with van der Waals surface area (Å²) >= 11 is 1.25. The van der Waals surface area contributed by atoms with E-state index in [0.717, 1.165) is 11.3 Å². The lowest BCUT2D eigenvalue weighted by Crippen LogP contribution is -2.29. The van der Waals surface area contributed by atoms with Gasteiger partial charge in [-0.25, -0.2) is 4.98 Å². The number of aliphatic hydroxyl groups excluding tert-OH is 1. The Labute approximate surface area is 200 Å². The van der Waals surface area contributed by atoms with Crippen LogP contribution in [0.25, 0.3) is 5.76 Å². The lowest BCUT2D eigenvalue weighted by molar-refractivity contribution is -0.132. The summed E-state index contributed by atoms with van der Waals surface area (Å²) in [5.74, 6) is -0.416. The van der Waals surface area contributed by atoms with Gasteiger partial charge in [-0.15, -0.1) is 11.3 Å². The summed E-state index contributed by atoms with van der Waals surface area (Å²) in [7, 11) is 0. The second-order valence-corrected chi connectivity index (χ2v) is 8.98. The van der Waals surface area contributed by atoms with Crippen LogP contribution in [0, 0.1) is 0 Å². The summed E-state index contributed by atoms with van der Waals surface area (Å²) in [4.78, 5) is 32.0. The Kier molecular flexibility index (Phi) is 5.67. The van der Waals surface area contributed by atoms with Crippen LogP contribution in [0.4, 0.5) is 5.13 Å². The fraction of sp³-hybridized carbons (Fsp3) is 0.192. The minimum absolute atomic E-state index is 0.00739. The largest absolute Gasteiger partial charge is 0.507 e. The van der Waals surface area contributed by atoms with Crippen molar-refractivity contribution in [3.8, 4) is 11.5 Å². The van der Waals surface area contributed by atoms with Gasteiger partial charge >= 0.3 is 5.91 Å². The first-order chi connectivity index (χ1) is 16.5. The fourth-order valence-electron chi connectivity index (χ4n) is 4.33. The maximum Gasteiger partial charge on any atom is 0.301 e. The van der Waals surface area contributed by atoms with Gasteiger partial charge in [-0.3, -0.25) is 14.5 Å². The first kappa shape index (κ1) is 21.9. The van der Waals surface area contributed by atoms with E-state index in [1.807, 2.05) is 13.0 Å². The van der Waals surface area contributed by atoms with E-state index in [4.69, 9.17) is 9.47 Å². The van der Waals surface area contributed by atoms with Crippen molar-refractivity contribution in [2.75, 3.05) is 11.5 Å². The Bertz CT molecular complexity index is 1310. The molecule has 0 bridgehead atoms. The van der Waals surface area contributed by atoms with Crippen molar-refractivity contribution in [2.45, 2.75) is 25.5 Å². The zero-order valence-corrected chi connectivity index (χ0v) is 19.2. The van der Waals surface area contributed by atoms with Crippen molar-refractivity contribution in [3.05, 3.63) is 89.0 Å². The molecule has 8 heteroatoms. The molecule has 0 aliphatic carbocycles. The second kappa shape index (κ2) is 8.79. The van der Waals surface area contributed by atoms with Gasteiger partial charge in [-0.2, -0.15) is 0 Å². The van der Waals surface area contributed by atoms with Crippen molar-refractivity contribution >= 4 is 33.9 Å². The van der Waals surface area contributed by atoms with Crippen LogP contribution in [-0.4, -0.2) is 34.5 Å². The quantitative estimate of drug-likeness (QED) is 0.242. The summed E-state index contributed by atoms with van der Waals surface area (Å²) in [5.41, 5.74) is 2.03. The highest BCUT2D eigenvalue weighted by Crippen LogP contribution is 2.44. The summed E-state index contributed by atoms with van der Waals surface area (Å²) < 4.78 is 11.4. The number of benzene rings is 2. The number of carbonyl (C=O) groups is 2. The number of thiazole rings is 1. The molecule has 1 saturated heterocycles. The number of hydrogen-bond donors (Lipinski definition) is 1. The first-order valence-electron chi connectivity index (χ1n) is 10.8. The van der Waals surface area contributed by atoms with Crippen molar-refractivity contribution in [2.24, 2.45) is 0 Å². The topological polar surface area (TPSA) is 89.0 Å². The third-order valence-corrected chi connectivity index (χ3v) is 6.55. The average molecular weight is 475 g/mol. The van der Waals surface area contributed by atoms with Gasteiger partial charge < -0.3 is 14.6 Å². The third-order valence-electron chi connectivity index (χ3n) is 5.78. The van der Waals surface area contributed by atoms with Gasteiger partial charge in [0.25, 0.3) is 5.78 Å². The maximum absolute atomic E-state index is 13.3. The molecule has 2 aromatic carbocycles. The van der Waals surface area contributed by atoms with Gasteiger partial charge in [0.1, 0.15) is 30.0 Å². The highest BCUT2D eigenvalue weighted by Gasteiger charge is 2.48. The Hall–Kier alpha value is -3.91. The van der Waals surface area contributed by atoms with E-state index >= 15 is 0 Å². The van der Waals surface area contributed by atoms with Gasteiger partial charge in [0.05, 0.1) is 11.6 Å². The molecule has 1 N–H and O–H groups in total. The van der Waals surface area contributed by atoms with Crippen LogP contribution in [-0.2, 0) is 16.0 Å². The number of carbonyl (C=O) groups excluding carboxylic acids is 2. The van der Waals surface area contributed by atoms with E-state index in [0.29, 0.717) is 35.0 Å². The van der Waals surface area contributed by atoms with Crippen LogP contribution in [0.1, 0.15) is 29.7 Å². The molecular weight excluding hydrogens is 452 g/mol. The normalized spacial score (nSPS) is 20.8. The molecule has 3 aromatic rings. The number of nitrogens with zero attached hydrogens (tertiary/aromatic N) is 2. The molecule has 1 aromatic heterocycles. The molecule has 2 aliphatic heterocycles. The minimum Gasteiger partial charge on any atom is -0.507 e. The van der Waals surface area contributed by atoms with Gasteiger partial charge in [0.15, 0.2) is 5.13 Å². The van der Waals surface area contributed by atoms with Crippen LogP contribution < -0.4 is 14.4 Å². The predicted molar refractivity (Wildman–Crippen MR) is 129 cm³/mol. The summed E-state index contributed by atoms with van der Waals surface area (Å²) in [6, 6.07) is 11.5. The monoisotopic (exact) mass is 474 g/mol. The van der Waals surface area contributed by atoms with E-state index in [1.165, 1.54) is 16.2 Å². The zero-order chi connectivity index (χ0) is 23.8. The van der Waals surface area contributed by atoms with Crippen LogP contribution in [0.3, 0.4) is 0 Å². The molecule has 0 radical (unpaired) electrons. The van der Waals surface area contributed by atoms with Crippen molar-refractivity contribution in [3.63, 3.8) is 0 Å². The molecule has 1 amide bonds. The Balaban J connectivity index is 1.66. The van der Waals surface area contributed by atoms with Crippen molar-refractivity contribution in [1.29, 1.82) is 0 Å². The smallest absolute Gasteiger partial charge is 0.301 e. The van der Waals surface area contributed by atoms with Crippen LogP contribution in [0.2, 0.25) is 0 Å². The number of ether oxygens (including phenoxy) is 2. The predicted octanol–water partition coefficient (Wildman–Crippen LogP) is 4.66. The lowest BCUT2D eigenvalue weighted by Gasteiger charge is -2.23. The van der Waals surface area contributed by atoms with E-state index in [1.54, 1.807) is 54.1 Å². The van der Waals surface area contributed by atoms with Crippen molar-refractivity contribution < 1.29 is 24.2 Å². The SMILES string of the molecule is C=CCOc1cccc(C2C(=C(O)c3ccc4c(c3)CC(C)O4)C(=O)C(=O)N2c2nccs2)c1. The highest BCUT2D eigenvalue weighted by atomic mass is 32.1. The standard InChI is InChI=1S/C26H22N2O5S/c1-3-10-32-19-6-4-5-16(14-19)22-21(24(30)25(31)28(22)26-27-9-11-34-26)23(29)17-7-8-20-18(13-17)12-15(2)33-20/h3-9,11,13-15,22,29H,1,10,12H2,2H3. The molecule has 5 rings (SSSR count). The molecule has 2 unspecified atom stereocenters. The number of anilines is 1. The summed E-state index contributed by atoms with van der Waals surface area (Å²) in [5, 5.41) is 13.4. The number of aromatic nitrogens is 1. The number of ketones is 1. The molecule has 34 heavy (non-hydrogen) atoms. The van der Waals surface area contributed by atoms with Crippen molar-refractivity contribution in [1.82, 2.24) is 4.98 Å². The fourth-order valence-corrected chi connectivity index (χ4v) is 5.00. The van der Waals surface area contributed by atoms with E-state index in [-0.39, 0.29) is 17.4 Å². The Morgan fingerprint density at radius 1 is 1.32 bits per heavy atom. The minimum atomic E-state index is -0.859. The van der Waals surface area contributed by atoms with Crippen LogP contribution in [0.5, 0.6) is 11.5 Å². The average Bonchev–Trinajstić information content (AvgIpc) is 3.55. The molecule has 7 nitrogen and oxygen atoms in total. The lowest BCUT2D eigenvalue weighted by atomic mass is 9.94. The van der Waals surface area contributed by atoms with E-state index in [9.17, 15) is 14.7 Å². The Morgan fingerprint density at radius 3 is 2.94 bits per heavy atom. The van der Waals surface area contributed by atoms with Gasteiger partial charge in [0.2, 0.25) is 0 Å². The summed E-state index contributed by atoms with van der Waals surface area (Å²) in [6.45, 7) is 5.94. The first-order valence-corrected chi connectivity index (χ1v) is 11.7. The van der Waals surface area contributed by atoms with Gasteiger partial charge in [0, 0.05) is 23.6 Å². The molecule has 1 fully saturated rings. The number of rotatable bonds is 6. The summed E-state index contributed by atoms with van der Waals surface area (Å²) in [6.07, 6.45) is 3.95. The second-order valence-electron chi connectivity index (χ2n) is 8.11. The molecule has 0 saturated carbocycles. The van der Waals surface area contributed by atoms with E-state index in [2.05, 4.69) is 11.6 Å². The van der Waals surface area contributed by atoms with Crippen LogP contribution >= 0.6 is 11.3 Å². The van der Waals surface area contributed by atoms with Gasteiger partial charge in [-0.05, 0) is 48.4 Å². The maximum atomic E-state index is 13.3. The highest BCUT2D eigenvalue weighted by molar-refractivity contribution is 7.14. The number of fused-ring (bicyclic) bond motifs is 1. The Morgan fingerprint density at radius 2 is 2.18 bits per heavy atom. The number of amides is 1. The number of aliphatic hydroxyl groups is 1. The molecule has 0 spiro atoms. The number of Topliss-reactive ketones (excluding diaryl/α,β-unsaturated/α-hetero) is 1. The third kappa shape index (κ3) is 3.76. The van der Waals surface area contributed by atoms with E-state index < -0.39 is 17.7 Å².